The number of likely N-dealkylation sites (tertiary alicyclic amines) is 1. The summed E-state index contributed by atoms with van der Waals surface area (Å²) in [6, 6.07) is 3.25. The van der Waals surface area contributed by atoms with Crippen LogP contribution < -0.4 is 11.1 Å². The first kappa shape index (κ1) is 19.3. The zero-order chi connectivity index (χ0) is 18.2. The molecule has 25 heavy (non-hydrogen) atoms. The number of nitrogen functional groups attached to an aromatic ring is 1. The van der Waals surface area contributed by atoms with Crippen LogP contribution in [0.15, 0.2) is 6.07 Å². The number of aromatic nitrogens is 1. The largest absolute Gasteiger partial charge is 0.381 e. The molecular weight excluding hydrogens is 345 g/mol. The summed E-state index contributed by atoms with van der Waals surface area (Å²) in [4.78, 5) is 17.1. The minimum atomic E-state index is -0.731. The number of urea groups is 1. The molecule has 8 heteroatoms. The molecule has 2 aliphatic rings. The monoisotopic (exact) mass is 367 g/mol. The summed E-state index contributed by atoms with van der Waals surface area (Å²) in [6.45, 7) is 1.91. The van der Waals surface area contributed by atoms with Gasteiger partial charge in [-0.05, 0) is 31.7 Å². The number of carbonyl (C=O) groups excluding carboxylic acids is 1. The molecule has 2 fully saturated rings. The molecule has 3 N–H and O–H groups in total. The van der Waals surface area contributed by atoms with Crippen LogP contribution in [0.1, 0.15) is 50.5 Å². The van der Waals surface area contributed by atoms with Gasteiger partial charge in [0.1, 0.15) is 11.2 Å². The van der Waals surface area contributed by atoms with Gasteiger partial charge >= 0.3 is 6.03 Å². The second kappa shape index (κ2) is 9.42. The number of rotatable bonds is 1. The lowest BCUT2D eigenvalue weighted by atomic mass is 9.96. The first-order valence-corrected chi connectivity index (χ1v) is 8.96. The summed E-state index contributed by atoms with van der Waals surface area (Å²) < 4.78 is 12.5. The molecular formula is C17H23ClFN5O. The van der Waals surface area contributed by atoms with Gasteiger partial charge < -0.3 is 16.0 Å². The summed E-state index contributed by atoms with van der Waals surface area (Å²) in [7, 11) is 0. The normalized spacial score (nSPS) is 17.4. The predicted octanol–water partition coefficient (Wildman–Crippen LogP) is 3.45. The average Bonchev–Trinajstić information content (AvgIpc) is 3.14. The van der Waals surface area contributed by atoms with Gasteiger partial charge in [0, 0.05) is 19.1 Å². The van der Waals surface area contributed by atoms with Gasteiger partial charge in [-0.3, -0.25) is 0 Å². The zero-order valence-electron chi connectivity index (χ0n) is 14.1. The van der Waals surface area contributed by atoms with E-state index in [-0.39, 0.29) is 22.6 Å². The molecule has 136 valence electrons. The van der Waals surface area contributed by atoms with Crippen molar-refractivity contribution in [2.75, 3.05) is 18.8 Å². The van der Waals surface area contributed by atoms with Crippen molar-refractivity contribution in [3.8, 4) is 6.07 Å². The first-order valence-electron chi connectivity index (χ1n) is 8.58. The number of carbonyl (C=O) groups is 1. The Kier molecular flexibility index (Phi) is 7.26. The highest BCUT2D eigenvalue weighted by Crippen LogP contribution is 2.18. The number of hydrogen-bond acceptors (Lipinski definition) is 4. The van der Waals surface area contributed by atoms with Gasteiger partial charge in [0.2, 0.25) is 0 Å². The fourth-order valence-corrected chi connectivity index (χ4v) is 3.18. The molecule has 0 aromatic carbocycles. The molecule has 0 atom stereocenters. The molecule has 2 heterocycles. The molecule has 1 aromatic rings. The number of anilines is 1. The maximum absolute atomic E-state index is 12.5. The number of nitriles is 1. The van der Waals surface area contributed by atoms with Gasteiger partial charge in [-0.1, -0.05) is 30.9 Å². The van der Waals surface area contributed by atoms with Crippen LogP contribution in [0.5, 0.6) is 0 Å². The summed E-state index contributed by atoms with van der Waals surface area (Å²) in [6.07, 6.45) is 8.63. The molecule has 2 amide bonds. The molecule has 1 saturated carbocycles. The summed E-state index contributed by atoms with van der Waals surface area (Å²) in [5.41, 5.74) is 5.05. The Hall–Kier alpha value is -2.07. The van der Waals surface area contributed by atoms with E-state index in [4.69, 9.17) is 22.6 Å². The van der Waals surface area contributed by atoms with Gasteiger partial charge in [0.05, 0.1) is 5.56 Å². The number of nitrogens with zero attached hydrogens (tertiary/aromatic N) is 3. The molecule has 1 saturated heterocycles. The van der Waals surface area contributed by atoms with E-state index < -0.39 is 5.82 Å². The second-order valence-electron chi connectivity index (χ2n) is 6.28. The summed E-state index contributed by atoms with van der Waals surface area (Å²) in [5.74, 6) is -1.03. The highest BCUT2D eigenvalue weighted by atomic mass is 35.5. The molecule has 0 unspecified atom stereocenters. The maximum Gasteiger partial charge on any atom is 0.317 e. The number of nitrogens with one attached hydrogen (secondary N) is 1. The van der Waals surface area contributed by atoms with E-state index in [0.717, 1.165) is 19.2 Å². The Morgan fingerprint density at radius 3 is 2.56 bits per heavy atom. The maximum atomic E-state index is 12.5. The average molecular weight is 368 g/mol. The Balaban J connectivity index is 0.000000186. The van der Waals surface area contributed by atoms with E-state index in [0.29, 0.717) is 6.04 Å². The highest BCUT2D eigenvalue weighted by molar-refractivity contribution is 6.30. The van der Waals surface area contributed by atoms with Crippen molar-refractivity contribution >= 4 is 23.4 Å². The number of pyridine rings is 1. The van der Waals surface area contributed by atoms with Crippen molar-refractivity contribution in [2.45, 2.75) is 51.0 Å². The third-order valence-electron chi connectivity index (χ3n) is 4.40. The molecule has 1 aliphatic heterocycles. The van der Waals surface area contributed by atoms with Crippen molar-refractivity contribution in [1.29, 1.82) is 5.26 Å². The Bertz CT molecular complexity index is 637. The minimum Gasteiger partial charge on any atom is -0.381 e. The SMILES string of the molecule is N#Cc1cc(F)c(N)nc1Cl.O=C(NC1CCCCC1)N1CCCC1. The van der Waals surface area contributed by atoms with Crippen LogP contribution in [0.3, 0.4) is 0 Å². The quantitative estimate of drug-likeness (QED) is 0.743. The topological polar surface area (TPSA) is 95.0 Å². The van der Waals surface area contributed by atoms with Crippen LogP contribution >= 0.6 is 11.6 Å². The molecule has 3 rings (SSSR count). The number of amides is 2. The number of hydrogen-bond donors (Lipinski definition) is 2. The Morgan fingerprint density at radius 2 is 1.96 bits per heavy atom. The Morgan fingerprint density at radius 1 is 1.32 bits per heavy atom. The van der Waals surface area contributed by atoms with E-state index in [1.54, 1.807) is 6.07 Å². The van der Waals surface area contributed by atoms with E-state index in [1.807, 2.05) is 4.90 Å². The predicted molar refractivity (Wildman–Crippen MR) is 94.5 cm³/mol. The van der Waals surface area contributed by atoms with E-state index in [1.165, 1.54) is 44.9 Å². The van der Waals surface area contributed by atoms with Gasteiger partial charge in [-0.2, -0.15) is 5.26 Å². The van der Waals surface area contributed by atoms with Crippen molar-refractivity contribution in [3.63, 3.8) is 0 Å². The molecule has 0 radical (unpaired) electrons. The third kappa shape index (κ3) is 5.75. The second-order valence-corrected chi connectivity index (χ2v) is 6.64. The lowest BCUT2D eigenvalue weighted by molar-refractivity contribution is 0.200. The van der Waals surface area contributed by atoms with Crippen LogP contribution in [-0.2, 0) is 0 Å². The summed E-state index contributed by atoms with van der Waals surface area (Å²) in [5, 5.41) is 11.4. The van der Waals surface area contributed by atoms with Crippen LogP contribution in [0.4, 0.5) is 15.0 Å². The van der Waals surface area contributed by atoms with Gasteiger partial charge in [-0.25, -0.2) is 14.2 Å². The van der Waals surface area contributed by atoms with Gasteiger partial charge in [0.25, 0.3) is 0 Å². The van der Waals surface area contributed by atoms with Crippen molar-refractivity contribution < 1.29 is 9.18 Å². The Labute approximate surface area is 152 Å². The van der Waals surface area contributed by atoms with Crippen LogP contribution in [0, 0.1) is 17.1 Å². The fourth-order valence-electron chi connectivity index (χ4n) is 2.99. The van der Waals surface area contributed by atoms with Crippen LogP contribution in [-0.4, -0.2) is 35.0 Å². The third-order valence-corrected chi connectivity index (χ3v) is 4.69. The standard InChI is InChI=1S/C11H20N2O.C6H3ClFN3/c14-11(13-8-4-5-9-13)12-10-6-2-1-3-7-10;7-5-3(2-9)1-4(8)6(10)11-5/h10H,1-9H2,(H,12,14);1H,(H2,10,11). The number of nitrogens with two attached hydrogens (primary N) is 1. The molecule has 0 spiro atoms. The lowest BCUT2D eigenvalue weighted by Crippen LogP contribution is -2.44. The molecule has 6 nitrogen and oxygen atoms in total. The van der Waals surface area contributed by atoms with Crippen molar-refractivity contribution in [2.24, 2.45) is 0 Å². The molecule has 1 aromatic heterocycles. The van der Waals surface area contributed by atoms with E-state index >= 15 is 0 Å². The highest BCUT2D eigenvalue weighted by Gasteiger charge is 2.21. The van der Waals surface area contributed by atoms with E-state index in [2.05, 4.69) is 10.3 Å². The van der Waals surface area contributed by atoms with Crippen molar-refractivity contribution in [1.82, 2.24) is 15.2 Å². The van der Waals surface area contributed by atoms with Crippen molar-refractivity contribution in [3.05, 3.63) is 22.6 Å². The molecule has 1 aliphatic carbocycles. The van der Waals surface area contributed by atoms with Crippen LogP contribution in [0.2, 0.25) is 5.15 Å². The first-order chi connectivity index (χ1) is 12.0. The van der Waals surface area contributed by atoms with Gasteiger partial charge in [-0.15, -0.1) is 0 Å². The molecule has 0 bridgehead atoms. The zero-order valence-corrected chi connectivity index (χ0v) is 14.9. The lowest BCUT2D eigenvalue weighted by Gasteiger charge is -2.25. The fraction of sp³-hybridized carbons (Fsp3) is 0.588. The van der Waals surface area contributed by atoms with Crippen LogP contribution in [0.25, 0.3) is 0 Å². The minimum absolute atomic E-state index is 0.0154. The van der Waals surface area contributed by atoms with Gasteiger partial charge in [0.15, 0.2) is 11.6 Å². The number of halogens is 2. The van der Waals surface area contributed by atoms with E-state index in [9.17, 15) is 9.18 Å². The smallest absolute Gasteiger partial charge is 0.317 e. The summed E-state index contributed by atoms with van der Waals surface area (Å²) >= 11 is 5.42.